The Morgan fingerprint density at radius 1 is 1.41 bits per heavy atom. The zero-order valence-electron chi connectivity index (χ0n) is 12.9. The molecule has 2 amide bonds. The Morgan fingerprint density at radius 2 is 2.18 bits per heavy atom. The fraction of sp³-hybridized carbons (Fsp3) is 0.600. The number of amides is 2. The lowest BCUT2D eigenvalue weighted by atomic mass is 9.98. The molecule has 0 aliphatic carbocycles. The lowest BCUT2D eigenvalue weighted by Crippen LogP contribution is -2.41. The molecule has 7 heteroatoms. The number of thiophene rings is 1. The van der Waals surface area contributed by atoms with E-state index >= 15 is 0 Å². The second-order valence-electron chi connectivity index (χ2n) is 5.60. The lowest BCUT2D eigenvalue weighted by Gasteiger charge is -2.18. The van der Waals surface area contributed by atoms with Gasteiger partial charge in [-0.05, 0) is 24.5 Å². The quantitative estimate of drug-likeness (QED) is 0.830. The Morgan fingerprint density at radius 3 is 2.77 bits per heavy atom. The van der Waals surface area contributed by atoms with Crippen molar-refractivity contribution in [2.24, 2.45) is 5.92 Å². The first-order chi connectivity index (χ1) is 10.5. The van der Waals surface area contributed by atoms with Crippen molar-refractivity contribution in [3.63, 3.8) is 0 Å². The summed E-state index contributed by atoms with van der Waals surface area (Å²) in [6.07, 6.45) is 2.11. The van der Waals surface area contributed by atoms with Gasteiger partial charge < -0.3 is 10.6 Å². The third-order valence-corrected chi connectivity index (χ3v) is 5.17. The molecule has 2 rings (SSSR count). The number of rotatable bonds is 6. The van der Waals surface area contributed by atoms with Crippen molar-refractivity contribution >= 4 is 34.8 Å². The molecule has 0 bridgehead atoms. The van der Waals surface area contributed by atoms with Gasteiger partial charge in [-0.1, -0.05) is 24.9 Å². The summed E-state index contributed by atoms with van der Waals surface area (Å²) < 4.78 is 0.614. The predicted octanol–water partition coefficient (Wildman–Crippen LogP) is 1.98. The summed E-state index contributed by atoms with van der Waals surface area (Å²) in [6, 6.07) is 3.56. The van der Waals surface area contributed by atoms with Crippen LogP contribution in [-0.2, 0) is 4.79 Å². The number of nitrogens with one attached hydrogen (secondary N) is 2. The SMILES string of the molecule is CCC[C@H]1CN(CC(=O)NC)C[C@@H]1NC(=O)c1ccc(Cl)s1. The third kappa shape index (κ3) is 4.44. The van der Waals surface area contributed by atoms with E-state index in [9.17, 15) is 9.59 Å². The molecule has 0 aromatic carbocycles. The van der Waals surface area contributed by atoms with Crippen LogP contribution in [0.3, 0.4) is 0 Å². The van der Waals surface area contributed by atoms with Crippen LogP contribution >= 0.6 is 22.9 Å². The van der Waals surface area contributed by atoms with Gasteiger partial charge in [-0.25, -0.2) is 0 Å². The summed E-state index contributed by atoms with van der Waals surface area (Å²) in [5.74, 6) is 0.311. The third-order valence-electron chi connectivity index (χ3n) is 3.94. The molecule has 2 atom stereocenters. The normalized spacial score (nSPS) is 21.8. The highest BCUT2D eigenvalue weighted by Crippen LogP contribution is 2.24. The standard InChI is InChI=1S/C15H22ClN3O2S/c1-3-4-10-7-19(9-14(20)17-2)8-11(10)18-15(21)12-5-6-13(16)22-12/h5-6,10-11H,3-4,7-9H2,1-2H3,(H,17,20)(H,18,21)/t10-,11-/m0/s1. The molecule has 5 nitrogen and oxygen atoms in total. The van der Waals surface area contributed by atoms with E-state index in [2.05, 4.69) is 22.5 Å². The minimum atomic E-state index is -0.0789. The molecule has 1 aromatic rings. The second-order valence-corrected chi connectivity index (χ2v) is 7.31. The monoisotopic (exact) mass is 343 g/mol. The van der Waals surface area contributed by atoms with Crippen LogP contribution in [0.2, 0.25) is 4.34 Å². The average molecular weight is 344 g/mol. The van der Waals surface area contributed by atoms with Crippen LogP contribution in [0.15, 0.2) is 12.1 Å². The number of carbonyl (C=O) groups is 2. The Hall–Kier alpha value is -1.11. The van der Waals surface area contributed by atoms with E-state index in [0.29, 0.717) is 28.2 Å². The molecule has 1 aromatic heterocycles. The molecule has 1 aliphatic heterocycles. The highest BCUT2D eigenvalue weighted by atomic mass is 35.5. The van der Waals surface area contributed by atoms with Gasteiger partial charge in [-0.3, -0.25) is 14.5 Å². The van der Waals surface area contributed by atoms with Gasteiger partial charge in [0.1, 0.15) is 0 Å². The fourth-order valence-corrected chi connectivity index (χ4v) is 3.82. The van der Waals surface area contributed by atoms with Gasteiger partial charge in [0.15, 0.2) is 0 Å². The van der Waals surface area contributed by atoms with Gasteiger partial charge in [-0.15, -0.1) is 11.3 Å². The number of carbonyl (C=O) groups excluding carboxylic acids is 2. The van der Waals surface area contributed by atoms with Crippen molar-refractivity contribution < 1.29 is 9.59 Å². The van der Waals surface area contributed by atoms with E-state index in [-0.39, 0.29) is 17.9 Å². The molecule has 22 heavy (non-hydrogen) atoms. The number of hydrogen-bond acceptors (Lipinski definition) is 4. The topological polar surface area (TPSA) is 61.4 Å². The van der Waals surface area contributed by atoms with Crippen molar-refractivity contribution in [1.29, 1.82) is 0 Å². The van der Waals surface area contributed by atoms with E-state index < -0.39 is 0 Å². The number of likely N-dealkylation sites (N-methyl/N-ethyl adjacent to an activating group) is 1. The number of likely N-dealkylation sites (tertiary alicyclic amines) is 1. The Bertz CT molecular complexity index is 535. The Kier molecular flexibility index (Phi) is 6.23. The Balaban J connectivity index is 1.97. The second kappa shape index (κ2) is 7.94. The minimum Gasteiger partial charge on any atom is -0.358 e. The molecule has 0 saturated carbocycles. The first-order valence-corrected chi connectivity index (χ1v) is 8.72. The molecule has 2 heterocycles. The van der Waals surface area contributed by atoms with Crippen LogP contribution < -0.4 is 10.6 Å². The van der Waals surface area contributed by atoms with Crippen LogP contribution in [0.25, 0.3) is 0 Å². The van der Waals surface area contributed by atoms with Gasteiger partial charge >= 0.3 is 0 Å². The zero-order chi connectivity index (χ0) is 16.1. The smallest absolute Gasteiger partial charge is 0.261 e. The first kappa shape index (κ1) is 17.2. The first-order valence-electron chi connectivity index (χ1n) is 7.52. The fourth-order valence-electron chi connectivity index (χ4n) is 2.87. The van der Waals surface area contributed by atoms with E-state index in [4.69, 9.17) is 11.6 Å². The molecule has 2 N–H and O–H groups in total. The molecule has 0 unspecified atom stereocenters. The molecule has 0 radical (unpaired) electrons. The molecule has 122 valence electrons. The van der Waals surface area contributed by atoms with Crippen molar-refractivity contribution in [1.82, 2.24) is 15.5 Å². The van der Waals surface area contributed by atoms with Gasteiger partial charge in [0, 0.05) is 26.2 Å². The summed E-state index contributed by atoms with van der Waals surface area (Å²) in [4.78, 5) is 26.6. The van der Waals surface area contributed by atoms with Gasteiger partial charge in [0.2, 0.25) is 5.91 Å². The highest BCUT2D eigenvalue weighted by Gasteiger charge is 2.34. The summed E-state index contributed by atoms with van der Waals surface area (Å²) in [5.41, 5.74) is 0. The van der Waals surface area contributed by atoms with Crippen molar-refractivity contribution in [3.8, 4) is 0 Å². The maximum atomic E-state index is 12.3. The maximum Gasteiger partial charge on any atom is 0.261 e. The summed E-state index contributed by atoms with van der Waals surface area (Å²) in [6.45, 7) is 4.08. The van der Waals surface area contributed by atoms with E-state index in [1.54, 1.807) is 19.2 Å². The number of hydrogen-bond donors (Lipinski definition) is 2. The predicted molar refractivity (Wildman–Crippen MR) is 89.5 cm³/mol. The van der Waals surface area contributed by atoms with Gasteiger partial charge in [0.25, 0.3) is 5.91 Å². The van der Waals surface area contributed by atoms with E-state index in [0.717, 1.165) is 19.4 Å². The van der Waals surface area contributed by atoms with Gasteiger partial charge in [0.05, 0.1) is 15.8 Å². The average Bonchev–Trinajstić information content (AvgIpc) is 3.06. The summed E-state index contributed by atoms with van der Waals surface area (Å²) in [5, 5.41) is 5.75. The van der Waals surface area contributed by atoms with Crippen molar-refractivity contribution in [2.75, 3.05) is 26.7 Å². The molecule has 0 spiro atoms. The highest BCUT2D eigenvalue weighted by molar-refractivity contribution is 7.17. The van der Waals surface area contributed by atoms with Crippen LogP contribution in [0.1, 0.15) is 29.4 Å². The molecule has 1 saturated heterocycles. The van der Waals surface area contributed by atoms with Gasteiger partial charge in [-0.2, -0.15) is 0 Å². The van der Waals surface area contributed by atoms with Crippen LogP contribution in [0.4, 0.5) is 0 Å². The summed E-state index contributed by atoms with van der Waals surface area (Å²) >= 11 is 7.17. The van der Waals surface area contributed by atoms with E-state index in [1.807, 2.05) is 0 Å². The molecule has 1 aliphatic rings. The minimum absolute atomic E-state index is 0.00673. The van der Waals surface area contributed by atoms with Crippen LogP contribution in [-0.4, -0.2) is 49.4 Å². The molecule has 1 fully saturated rings. The zero-order valence-corrected chi connectivity index (χ0v) is 14.5. The van der Waals surface area contributed by atoms with Crippen LogP contribution in [0.5, 0.6) is 0 Å². The van der Waals surface area contributed by atoms with Crippen LogP contribution in [0, 0.1) is 5.92 Å². The number of halogens is 1. The van der Waals surface area contributed by atoms with Crippen molar-refractivity contribution in [2.45, 2.75) is 25.8 Å². The lowest BCUT2D eigenvalue weighted by molar-refractivity contribution is -0.121. The summed E-state index contributed by atoms with van der Waals surface area (Å²) in [7, 11) is 1.64. The Labute approximate surface area is 140 Å². The van der Waals surface area contributed by atoms with Crippen molar-refractivity contribution in [3.05, 3.63) is 21.3 Å². The largest absolute Gasteiger partial charge is 0.358 e. The molecular formula is C15H22ClN3O2S. The molecular weight excluding hydrogens is 322 g/mol. The number of nitrogens with zero attached hydrogens (tertiary/aromatic N) is 1. The maximum absolute atomic E-state index is 12.3. The van der Waals surface area contributed by atoms with E-state index in [1.165, 1.54) is 11.3 Å².